The van der Waals surface area contributed by atoms with Gasteiger partial charge in [0.05, 0.1) is 29.3 Å². The average molecular weight is 640 g/mol. The number of para-hydroxylation sites is 2. The van der Waals surface area contributed by atoms with E-state index in [4.69, 9.17) is 4.74 Å². The van der Waals surface area contributed by atoms with Crippen LogP contribution in [0.3, 0.4) is 0 Å². The van der Waals surface area contributed by atoms with Crippen molar-refractivity contribution in [2.24, 2.45) is 5.92 Å². The van der Waals surface area contributed by atoms with Crippen LogP contribution in [0.5, 0.6) is 5.75 Å². The van der Waals surface area contributed by atoms with Gasteiger partial charge in [-0.15, -0.1) is 0 Å². The highest BCUT2D eigenvalue weighted by atomic mass is 32.2. The maximum Gasteiger partial charge on any atom is 0.418 e. The van der Waals surface area contributed by atoms with Crippen molar-refractivity contribution < 1.29 is 32.3 Å². The number of aromatic nitrogens is 1. The number of rotatable bonds is 6. The second kappa shape index (κ2) is 11.3. The van der Waals surface area contributed by atoms with Gasteiger partial charge in [-0.25, -0.2) is 4.90 Å². The quantitative estimate of drug-likeness (QED) is 0.273. The van der Waals surface area contributed by atoms with Gasteiger partial charge in [0.2, 0.25) is 17.7 Å². The number of thiazole rings is 1. The number of nitrogens with one attached hydrogen (secondary N) is 1. The van der Waals surface area contributed by atoms with E-state index < -0.39 is 57.1 Å². The van der Waals surface area contributed by atoms with Crippen molar-refractivity contribution in [1.29, 1.82) is 0 Å². The van der Waals surface area contributed by atoms with Crippen molar-refractivity contribution in [2.75, 3.05) is 17.3 Å². The number of fused-ring (bicyclic) bond motifs is 2. The summed E-state index contributed by atoms with van der Waals surface area (Å²) in [7, 11) is 1.44. The minimum Gasteiger partial charge on any atom is -0.496 e. The van der Waals surface area contributed by atoms with Gasteiger partial charge < -0.3 is 10.1 Å². The van der Waals surface area contributed by atoms with E-state index >= 15 is 0 Å². The van der Waals surface area contributed by atoms with E-state index in [2.05, 4.69) is 5.32 Å². The number of thioether (sulfide) groups is 1. The molecule has 1 aromatic heterocycles. The Balaban J connectivity index is 1.45. The van der Waals surface area contributed by atoms with Crippen LogP contribution in [0, 0.1) is 12.8 Å². The number of amides is 3. The van der Waals surface area contributed by atoms with E-state index in [9.17, 15) is 32.3 Å². The molecule has 4 aromatic rings. The molecular formula is C31H24F3N3O5S2. The highest BCUT2D eigenvalue weighted by Crippen LogP contribution is 2.55. The largest absolute Gasteiger partial charge is 0.496 e. The third kappa shape index (κ3) is 5.09. The summed E-state index contributed by atoms with van der Waals surface area (Å²) in [4.78, 5) is 54.9. The molecular weight excluding hydrogens is 615 g/mol. The molecule has 0 aliphatic carbocycles. The Labute approximate surface area is 257 Å². The minimum atomic E-state index is -4.82. The molecule has 0 radical (unpaired) electrons. The molecule has 226 valence electrons. The predicted molar refractivity (Wildman–Crippen MR) is 160 cm³/mol. The van der Waals surface area contributed by atoms with Crippen molar-refractivity contribution in [3.05, 3.63) is 104 Å². The van der Waals surface area contributed by atoms with Crippen molar-refractivity contribution in [3.63, 3.8) is 0 Å². The number of imide groups is 1. The van der Waals surface area contributed by atoms with E-state index in [1.807, 2.05) is 19.1 Å². The van der Waals surface area contributed by atoms with Crippen LogP contribution in [0.1, 0.15) is 27.5 Å². The van der Waals surface area contributed by atoms with Gasteiger partial charge in [0.1, 0.15) is 17.5 Å². The van der Waals surface area contributed by atoms with Crippen LogP contribution < -0.4 is 19.8 Å². The third-order valence-corrected chi connectivity index (χ3v) is 10.2. The Bertz CT molecular complexity index is 1850. The molecule has 44 heavy (non-hydrogen) atoms. The molecule has 0 spiro atoms. The fourth-order valence-corrected chi connectivity index (χ4v) is 8.40. The SMILES string of the molecule is COc1ccccc1[C@H]1c2sc(=O)n(CC(=O)Nc3ccc(C)cc3)c2SC2C(=O)N(c3ccccc3C(F)(F)F)C(=O)C21. The number of benzene rings is 3. The van der Waals surface area contributed by atoms with Gasteiger partial charge in [-0.05, 0) is 37.3 Å². The summed E-state index contributed by atoms with van der Waals surface area (Å²) >= 11 is 1.75. The zero-order valence-electron chi connectivity index (χ0n) is 23.3. The zero-order valence-corrected chi connectivity index (χ0v) is 24.9. The van der Waals surface area contributed by atoms with Gasteiger partial charge in [-0.3, -0.25) is 23.7 Å². The van der Waals surface area contributed by atoms with Crippen LogP contribution in [-0.2, 0) is 27.1 Å². The first-order valence-corrected chi connectivity index (χ1v) is 15.1. The molecule has 2 aliphatic heterocycles. The van der Waals surface area contributed by atoms with Crippen LogP contribution in [-0.4, -0.2) is 34.6 Å². The molecule has 0 saturated carbocycles. The molecule has 1 N–H and O–H groups in total. The summed E-state index contributed by atoms with van der Waals surface area (Å²) in [5.41, 5.74) is 0.367. The van der Waals surface area contributed by atoms with Crippen LogP contribution >= 0.6 is 23.1 Å². The summed E-state index contributed by atoms with van der Waals surface area (Å²) in [6, 6.07) is 18.3. The van der Waals surface area contributed by atoms with Crippen LogP contribution in [0.25, 0.3) is 0 Å². The Morgan fingerprint density at radius 1 is 0.955 bits per heavy atom. The highest BCUT2D eigenvalue weighted by molar-refractivity contribution is 8.00. The molecule has 13 heteroatoms. The molecule has 1 saturated heterocycles. The van der Waals surface area contributed by atoms with Crippen molar-refractivity contribution in [1.82, 2.24) is 4.57 Å². The summed E-state index contributed by atoms with van der Waals surface area (Å²) < 4.78 is 48.8. The minimum absolute atomic E-state index is 0.309. The monoisotopic (exact) mass is 639 g/mol. The smallest absolute Gasteiger partial charge is 0.418 e. The number of hydrogen-bond acceptors (Lipinski definition) is 7. The molecule has 2 unspecified atom stereocenters. The number of nitrogens with zero attached hydrogens (tertiary/aromatic N) is 2. The fourth-order valence-electron chi connectivity index (χ4n) is 5.64. The second-order valence-electron chi connectivity index (χ2n) is 10.3. The molecule has 2 aliphatic rings. The van der Waals surface area contributed by atoms with Gasteiger partial charge in [-0.2, -0.15) is 13.2 Å². The lowest BCUT2D eigenvalue weighted by molar-refractivity contribution is -0.137. The first-order valence-electron chi connectivity index (χ1n) is 13.4. The first-order chi connectivity index (χ1) is 21.0. The number of halogens is 3. The van der Waals surface area contributed by atoms with E-state index in [-0.39, 0.29) is 6.54 Å². The van der Waals surface area contributed by atoms with Crippen molar-refractivity contribution in [3.8, 4) is 5.75 Å². The van der Waals surface area contributed by atoms with E-state index in [0.29, 0.717) is 31.8 Å². The second-order valence-corrected chi connectivity index (χ2v) is 12.5. The first kappa shape index (κ1) is 29.7. The van der Waals surface area contributed by atoms with Crippen LogP contribution in [0.4, 0.5) is 24.5 Å². The predicted octanol–water partition coefficient (Wildman–Crippen LogP) is 5.68. The van der Waals surface area contributed by atoms with E-state index in [1.165, 1.54) is 23.8 Å². The molecule has 6 rings (SSSR count). The molecule has 8 nitrogen and oxygen atoms in total. The lowest BCUT2D eigenvalue weighted by Crippen LogP contribution is -2.33. The highest BCUT2D eigenvalue weighted by Gasteiger charge is 2.58. The van der Waals surface area contributed by atoms with E-state index in [1.54, 1.807) is 36.4 Å². The Kier molecular flexibility index (Phi) is 7.62. The number of methoxy groups -OCH3 is 1. The summed E-state index contributed by atoms with van der Waals surface area (Å²) in [6.45, 7) is 1.54. The lowest BCUT2D eigenvalue weighted by Gasteiger charge is -2.31. The molecule has 1 fully saturated rings. The molecule has 3 heterocycles. The maximum absolute atomic E-state index is 14.1. The van der Waals surface area contributed by atoms with Gasteiger partial charge in [-0.1, -0.05) is 71.1 Å². The third-order valence-electron chi connectivity index (χ3n) is 7.61. The number of ether oxygens (including phenoxy) is 1. The van der Waals surface area contributed by atoms with Crippen molar-refractivity contribution >= 4 is 52.2 Å². The number of anilines is 2. The summed E-state index contributed by atoms with van der Waals surface area (Å²) in [5, 5.41) is 1.90. The summed E-state index contributed by atoms with van der Waals surface area (Å²) in [5.74, 6) is -3.77. The van der Waals surface area contributed by atoms with Crippen LogP contribution in [0.15, 0.2) is 82.6 Å². The lowest BCUT2D eigenvalue weighted by atomic mass is 9.82. The van der Waals surface area contributed by atoms with E-state index in [0.717, 1.165) is 40.8 Å². The number of alkyl halides is 3. The molecule has 0 bridgehead atoms. The standard InChI is InChI=1S/C31H24F3N3O5S2/c1-16-11-13-17(14-12-16)35-22(38)15-36-29-26(44-30(36)41)23(18-7-3-6-10-21(18)42-2)24-25(43-29)28(40)37(27(24)39)20-9-5-4-8-19(20)31(32,33)34/h3-14,23-25H,15H2,1-2H3,(H,35,38)/t23-,24?,25?/m1/s1. The van der Waals surface area contributed by atoms with Gasteiger partial charge in [0.15, 0.2) is 0 Å². The topological polar surface area (TPSA) is 97.7 Å². The Morgan fingerprint density at radius 2 is 1.64 bits per heavy atom. The van der Waals surface area contributed by atoms with Crippen LogP contribution in [0.2, 0.25) is 0 Å². The zero-order chi connectivity index (χ0) is 31.3. The normalized spacial score (nSPS) is 19.5. The summed E-state index contributed by atoms with van der Waals surface area (Å²) in [6.07, 6.45) is -4.82. The fraction of sp³-hybridized carbons (Fsp3) is 0.226. The average Bonchev–Trinajstić information content (AvgIpc) is 3.44. The molecule has 3 aromatic carbocycles. The van der Waals surface area contributed by atoms with Gasteiger partial charge >= 0.3 is 11.0 Å². The van der Waals surface area contributed by atoms with Gasteiger partial charge in [0, 0.05) is 22.0 Å². The Hall–Kier alpha value is -4.36. The Morgan fingerprint density at radius 3 is 2.34 bits per heavy atom. The molecule has 3 atom stereocenters. The number of carbonyl (C=O) groups is 3. The van der Waals surface area contributed by atoms with Gasteiger partial charge in [0.25, 0.3) is 0 Å². The molecule has 3 amide bonds. The number of carbonyl (C=O) groups excluding carboxylic acids is 3. The maximum atomic E-state index is 14.1. The number of hydrogen-bond donors (Lipinski definition) is 1. The number of aryl methyl sites for hydroxylation is 1. The van der Waals surface area contributed by atoms with Crippen molar-refractivity contribution in [2.45, 2.75) is 35.8 Å².